The Morgan fingerprint density at radius 2 is 1.83 bits per heavy atom. The summed E-state index contributed by atoms with van der Waals surface area (Å²) in [7, 11) is 3.17. The van der Waals surface area contributed by atoms with Crippen LogP contribution in [0.3, 0.4) is 0 Å². The number of ether oxygens (including phenoxy) is 2. The number of hydrogen-bond donors (Lipinski definition) is 1. The van der Waals surface area contributed by atoms with Gasteiger partial charge in [-0.3, -0.25) is 4.79 Å². The van der Waals surface area contributed by atoms with E-state index in [0.717, 1.165) is 18.4 Å². The second-order valence-corrected chi connectivity index (χ2v) is 4.81. The van der Waals surface area contributed by atoms with E-state index in [0.29, 0.717) is 17.1 Å². The Morgan fingerprint density at radius 3 is 2.33 bits per heavy atom. The van der Waals surface area contributed by atoms with Crippen LogP contribution >= 0.6 is 0 Å². The van der Waals surface area contributed by atoms with Gasteiger partial charge in [0, 0.05) is 12.0 Å². The van der Waals surface area contributed by atoms with Gasteiger partial charge in [0.05, 0.1) is 19.8 Å². The van der Waals surface area contributed by atoms with Gasteiger partial charge in [-0.2, -0.15) is 0 Å². The van der Waals surface area contributed by atoms with Crippen LogP contribution in [-0.2, 0) is 0 Å². The molecule has 0 saturated heterocycles. The van der Waals surface area contributed by atoms with E-state index in [1.165, 1.54) is 0 Å². The van der Waals surface area contributed by atoms with Crippen LogP contribution < -0.4 is 15.2 Å². The van der Waals surface area contributed by atoms with Crippen molar-refractivity contribution in [3.05, 3.63) is 23.3 Å². The highest BCUT2D eigenvalue weighted by Crippen LogP contribution is 2.35. The molecule has 1 aliphatic rings. The molecule has 0 atom stereocenters. The quantitative estimate of drug-likeness (QED) is 0.828. The lowest BCUT2D eigenvalue weighted by molar-refractivity contribution is 0.0829. The summed E-state index contributed by atoms with van der Waals surface area (Å²) in [6.45, 7) is 1.93. The monoisotopic (exact) mass is 249 g/mol. The molecule has 0 aliphatic heterocycles. The zero-order valence-corrected chi connectivity index (χ0v) is 11.0. The average molecular weight is 249 g/mol. The molecule has 2 rings (SSSR count). The highest BCUT2D eigenvalue weighted by atomic mass is 16.5. The highest BCUT2D eigenvalue weighted by molar-refractivity contribution is 6.01. The molecule has 2 N–H and O–H groups in total. The number of hydrogen-bond acceptors (Lipinski definition) is 4. The summed E-state index contributed by atoms with van der Waals surface area (Å²) in [5.74, 6) is 1.45. The normalized spacial score (nSPS) is 22.2. The third-order valence-corrected chi connectivity index (χ3v) is 3.53. The van der Waals surface area contributed by atoms with Crippen molar-refractivity contribution in [1.82, 2.24) is 0 Å². The third kappa shape index (κ3) is 2.20. The summed E-state index contributed by atoms with van der Waals surface area (Å²) in [4.78, 5) is 12.3. The predicted octanol–water partition coefficient (Wildman–Crippen LogP) is 1.93. The lowest BCUT2D eigenvalue weighted by Crippen LogP contribution is -2.40. The Kier molecular flexibility index (Phi) is 3.57. The summed E-state index contributed by atoms with van der Waals surface area (Å²) in [5, 5.41) is 0. The van der Waals surface area contributed by atoms with Gasteiger partial charge in [-0.1, -0.05) is 0 Å². The maximum atomic E-state index is 12.3. The van der Waals surface area contributed by atoms with Gasteiger partial charge in [-0.15, -0.1) is 0 Å². The second kappa shape index (κ2) is 4.98. The average Bonchev–Trinajstić information content (AvgIpc) is 2.33. The standard InChI is InChI=1S/C14H19NO3/c1-8-4-13(18-3)11(7-12(8)17-2)14(16)9-5-10(15)6-9/h4,7,9-10H,5-6,15H2,1-3H3. The molecule has 1 aliphatic carbocycles. The van der Waals surface area contributed by atoms with E-state index >= 15 is 0 Å². The van der Waals surface area contributed by atoms with Crippen LogP contribution in [-0.4, -0.2) is 26.0 Å². The molecule has 0 heterocycles. The minimum absolute atomic E-state index is 0.0290. The number of ketones is 1. The zero-order chi connectivity index (χ0) is 13.3. The molecule has 0 unspecified atom stereocenters. The first-order valence-corrected chi connectivity index (χ1v) is 6.09. The number of carbonyl (C=O) groups is 1. The van der Waals surface area contributed by atoms with E-state index in [1.807, 2.05) is 13.0 Å². The molecule has 0 spiro atoms. The topological polar surface area (TPSA) is 61.5 Å². The summed E-state index contributed by atoms with van der Waals surface area (Å²) in [6, 6.07) is 3.77. The van der Waals surface area contributed by atoms with Crippen molar-refractivity contribution in [2.45, 2.75) is 25.8 Å². The Morgan fingerprint density at radius 1 is 1.22 bits per heavy atom. The van der Waals surface area contributed by atoms with Gasteiger partial charge in [-0.25, -0.2) is 0 Å². The van der Waals surface area contributed by atoms with Gasteiger partial charge >= 0.3 is 0 Å². The van der Waals surface area contributed by atoms with E-state index in [9.17, 15) is 4.79 Å². The zero-order valence-electron chi connectivity index (χ0n) is 11.0. The second-order valence-electron chi connectivity index (χ2n) is 4.81. The molecule has 0 radical (unpaired) electrons. The van der Waals surface area contributed by atoms with Crippen LogP contribution in [0, 0.1) is 12.8 Å². The molecule has 0 aromatic heterocycles. The summed E-state index contributed by atoms with van der Waals surface area (Å²) in [5.41, 5.74) is 7.28. The molecule has 4 nitrogen and oxygen atoms in total. The summed E-state index contributed by atoms with van der Waals surface area (Å²) < 4.78 is 10.5. The molecule has 1 saturated carbocycles. The Bertz CT molecular complexity index is 464. The molecule has 98 valence electrons. The number of rotatable bonds is 4. The molecule has 1 aromatic rings. The number of methoxy groups -OCH3 is 2. The molecule has 18 heavy (non-hydrogen) atoms. The lowest BCUT2D eigenvalue weighted by atomic mass is 9.76. The van der Waals surface area contributed by atoms with Crippen molar-refractivity contribution in [3.8, 4) is 11.5 Å². The Hall–Kier alpha value is -1.55. The molecule has 0 amide bonds. The van der Waals surface area contributed by atoms with Crippen LogP contribution in [0.1, 0.15) is 28.8 Å². The van der Waals surface area contributed by atoms with E-state index in [1.54, 1.807) is 20.3 Å². The number of nitrogens with two attached hydrogens (primary N) is 1. The van der Waals surface area contributed by atoms with Gasteiger partial charge in [0.25, 0.3) is 0 Å². The number of Topliss-reactive ketones (excluding diaryl/α,β-unsaturated/α-hetero) is 1. The fourth-order valence-electron chi connectivity index (χ4n) is 2.34. The largest absolute Gasteiger partial charge is 0.496 e. The van der Waals surface area contributed by atoms with Crippen LogP contribution in [0.25, 0.3) is 0 Å². The fourth-order valence-corrected chi connectivity index (χ4v) is 2.34. The third-order valence-electron chi connectivity index (χ3n) is 3.53. The van der Waals surface area contributed by atoms with Crippen LogP contribution in [0.5, 0.6) is 11.5 Å². The van der Waals surface area contributed by atoms with E-state index < -0.39 is 0 Å². The predicted molar refractivity (Wildman–Crippen MR) is 69.3 cm³/mol. The fraction of sp³-hybridized carbons (Fsp3) is 0.500. The maximum Gasteiger partial charge on any atom is 0.169 e. The molecular formula is C14H19NO3. The minimum atomic E-state index is 0.0290. The van der Waals surface area contributed by atoms with Crippen molar-refractivity contribution >= 4 is 5.78 Å². The SMILES string of the molecule is COc1cc(C(=O)C2CC(N)C2)c(OC)cc1C. The molecule has 1 aromatic carbocycles. The van der Waals surface area contributed by atoms with E-state index in [4.69, 9.17) is 15.2 Å². The summed E-state index contributed by atoms with van der Waals surface area (Å²) >= 11 is 0. The lowest BCUT2D eigenvalue weighted by Gasteiger charge is -2.31. The van der Waals surface area contributed by atoms with Gasteiger partial charge in [0.1, 0.15) is 11.5 Å². The van der Waals surface area contributed by atoms with E-state index in [2.05, 4.69) is 0 Å². The maximum absolute atomic E-state index is 12.3. The van der Waals surface area contributed by atoms with Gasteiger partial charge in [0.2, 0.25) is 0 Å². The smallest absolute Gasteiger partial charge is 0.169 e. The number of benzene rings is 1. The van der Waals surface area contributed by atoms with Crippen LogP contribution in [0.15, 0.2) is 12.1 Å². The highest BCUT2D eigenvalue weighted by Gasteiger charge is 2.34. The molecule has 4 heteroatoms. The van der Waals surface area contributed by atoms with Crippen molar-refractivity contribution in [2.75, 3.05) is 14.2 Å². The van der Waals surface area contributed by atoms with Crippen LogP contribution in [0.2, 0.25) is 0 Å². The van der Waals surface area contributed by atoms with Crippen molar-refractivity contribution in [2.24, 2.45) is 11.7 Å². The summed E-state index contributed by atoms with van der Waals surface area (Å²) in [6.07, 6.45) is 1.52. The first-order valence-electron chi connectivity index (χ1n) is 6.09. The molecule has 0 bridgehead atoms. The van der Waals surface area contributed by atoms with Crippen molar-refractivity contribution in [1.29, 1.82) is 0 Å². The Balaban J connectivity index is 2.33. The van der Waals surface area contributed by atoms with Crippen molar-refractivity contribution in [3.63, 3.8) is 0 Å². The van der Waals surface area contributed by atoms with E-state index in [-0.39, 0.29) is 17.7 Å². The number of aryl methyl sites for hydroxylation is 1. The van der Waals surface area contributed by atoms with Gasteiger partial charge < -0.3 is 15.2 Å². The van der Waals surface area contributed by atoms with Gasteiger partial charge in [0.15, 0.2) is 5.78 Å². The van der Waals surface area contributed by atoms with Crippen LogP contribution in [0.4, 0.5) is 0 Å². The van der Waals surface area contributed by atoms with Crippen molar-refractivity contribution < 1.29 is 14.3 Å². The van der Waals surface area contributed by atoms with Gasteiger partial charge in [-0.05, 0) is 37.5 Å². The Labute approximate surface area is 107 Å². The number of carbonyl (C=O) groups excluding carboxylic acids is 1. The molecular weight excluding hydrogens is 230 g/mol. The molecule has 1 fully saturated rings. The minimum Gasteiger partial charge on any atom is -0.496 e. The first-order chi connectivity index (χ1) is 8.56. The first kappa shape index (κ1) is 12.9.